The van der Waals surface area contributed by atoms with E-state index in [9.17, 15) is 24.6 Å². The number of nitrogens with one attached hydrogen (secondary N) is 1. The van der Waals surface area contributed by atoms with E-state index in [1.54, 1.807) is 37.3 Å². The second-order valence-electron chi connectivity index (χ2n) is 5.48. The first kappa shape index (κ1) is 17.4. The van der Waals surface area contributed by atoms with Crippen LogP contribution in [0.5, 0.6) is 0 Å². The molecule has 0 saturated carbocycles. The predicted molar refractivity (Wildman–Crippen MR) is 96.7 cm³/mol. The Morgan fingerprint density at radius 1 is 1.12 bits per heavy atom. The van der Waals surface area contributed by atoms with Crippen LogP contribution in [0.3, 0.4) is 0 Å². The van der Waals surface area contributed by atoms with Crippen LogP contribution in [0.4, 0.5) is 5.82 Å². The molecular weight excluding hydrogens is 358 g/mol. The lowest BCUT2D eigenvalue weighted by Crippen LogP contribution is -2.24. The van der Waals surface area contributed by atoms with Gasteiger partial charge in [-0.15, -0.1) is 0 Å². The first-order valence-electron chi connectivity index (χ1n) is 7.36. The van der Waals surface area contributed by atoms with Gasteiger partial charge in [-0.25, -0.2) is 9.59 Å². The van der Waals surface area contributed by atoms with Crippen LogP contribution < -0.4 is 11.3 Å². The van der Waals surface area contributed by atoms with Gasteiger partial charge in [-0.3, -0.25) is 4.79 Å². The number of aromatic nitrogens is 2. The van der Waals surface area contributed by atoms with Crippen molar-refractivity contribution < 1.29 is 19.8 Å². The van der Waals surface area contributed by atoms with Crippen molar-refractivity contribution in [2.75, 3.05) is 5.73 Å². The van der Waals surface area contributed by atoms with E-state index in [-0.39, 0.29) is 11.1 Å². The average Bonchev–Trinajstić information content (AvgIpc) is 2.99. The molecule has 0 atom stereocenters. The highest BCUT2D eigenvalue weighted by atomic mass is 32.1. The topological polar surface area (TPSA) is 146 Å². The summed E-state index contributed by atoms with van der Waals surface area (Å²) in [6.45, 7) is 1.80. The lowest BCUT2D eigenvalue weighted by molar-refractivity contribution is 0.0695. The fourth-order valence-electron chi connectivity index (χ4n) is 2.72. The molecule has 0 unspecified atom stereocenters. The Balaban J connectivity index is 2.47. The number of benzene rings is 1. The van der Waals surface area contributed by atoms with Gasteiger partial charge in [0.2, 0.25) is 0 Å². The standard InChI is InChI=1S/C17H13N3O5S/c1-7-6-10(26-20-7)8-4-2-3-5-9(8)11-12(16(22)23)14(18)19-15(21)13(11)17(24)25/h2-6H,1H3,(H,22,23)(H,24,25)(H3,18,19,21). The van der Waals surface area contributed by atoms with Crippen molar-refractivity contribution in [3.05, 3.63) is 57.5 Å². The Hall–Kier alpha value is -3.46. The molecule has 2 heterocycles. The Kier molecular flexibility index (Phi) is 4.31. The molecule has 0 aliphatic rings. The molecule has 2 aromatic heterocycles. The van der Waals surface area contributed by atoms with E-state index in [1.165, 1.54) is 11.5 Å². The highest BCUT2D eigenvalue weighted by molar-refractivity contribution is 7.09. The van der Waals surface area contributed by atoms with Crippen LogP contribution in [-0.4, -0.2) is 31.5 Å². The highest BCUT2D eigenvalue weighted by Gasteiger charge is 2.28. The van der Waals surface area contributed by atoms with Gasteiger partial charge < -0.3 is 20.9 Å². The summed E-state index contributed by atoms with van der Waals surface area (Å²) in [5.41, 5.74) is 4.96. The van der Waals surface area contributed by atoms with E-state index >= 15 is 0 Å². The lowest BCUT2D eigenvalue weighted by atomic mass is 9.91. The van der Waals surface area contributed by atoms with E-state index in [1.807, 2.05) is 0 Å². The Bertz CT molecular complexity index is 1100. The van der Waals surface area contributed by atoms with Gasteiger partial charge in [0, 0.05) is 11.1 Å². The normalized spacial score (nSPS) is 10.7. The molecule has 26 heavy (non-hydrogen) atoms. The number of rotatable bonds is 4. The summed E-state index contributed by atoms with van der Waals surface area (Å²) < 4.78 is 4.19. The van der Waals surface area contributed by atoms with Crippen molar-refractivity contribution in [3.63, 3.8) is 0 Å². The van der Waals surface area contributed by atoms with Gasteiger partial charge in [0.15, 0.2) is 0 Å². The number of aromatic amines is 1. The third-order valence-electron chi connectivity index (χ3n) is 3.76. The monoisotopic (exact) mass is 371 g/mol. The van der Waals surface area contributed by atoms with Gasteiger partial charge in [-0.2, -0.15) is 4.37 Å². The average molecular weight is 371 g/mol. The highest BCUT2D eigenvalue weighted by Crippen LogP contribution is 2.38. The maximum absolute atomic E-state index is 12.2. The minimum absolute atomic E-state index is 0.229. The van der Waals surface area contributed by atoms with Crippen LogP contribution in [0.2, 0.25) is 0 Å². The van der Waals surface area contributed by atoms with Crippen LogP contribution in [0.1, 0.15) is 26.4 Å². The van der Waals surface area contributed by atoms with Gasteiger partial charge in [-0.1, -0.05) is 24.3 Å². The predicted octanol–water partition coefficient (Wildman–Crippen LogP) is 2.45. The number of hydrogen-bond donors (Lipinski definition) is 4. The molecular formula is C17H13N3O5S. The number of anilines is 1. The molecule has 0 aliphatic heterocycles. The number of aryl methyl sites for hydroxylation is 1. The molecule has 0 aliphatic carbocycles. The van der Waals surface area contributed by atoms with Crippen LogP contribution in [-0.2, 0) is 0 Å². The lowest BCUT2D eigenvalue weighted by Gasteiger charge is -2.14. The van der Waals surface area contributed by atoms with E-state index < -0.39 is 34.4 Å². The third-order valence-corrected chi connectivity index (χ3v) is 4.68. The van der Waals surface area contributed by atoms with Crippen molar-refractivity contribution in [2.24, 2.45) is 0 Å². The fourth-order valence-corrected chi connectivity index (χ4v) is 3.52. The molecule has 0 saturated heterocycles. The Labute approximate surface area is 150 Å². The number of pyridine rings is 1. The maximum Gasteiger partial charge on any atom is 0.342 e. The maximum atomic E-state index is 12.2. The summed E-state index contributed by atoms with van der Waals surface area (Å²) in [6, 6.07) is 8.40. The smallest absolute Gasteiger partial charge is 0.342 e. The largest absolute Gasteiger partial charge is 0.478 e. The number of nitrogens with two attached hydrogens (primary N) is 1. The summed E-state index contributed by atoms with van der Waals surface area (Å²) >= 11 is 1.19. The van der Waals surface area contributed by atoms with Gasteiger partial charge in [0.25, 0.3) is 5.56 Å². The van der Waals surface area contributed by atoms with Gasteiger partial charge in [0.1, 0.15) is 16.9 Å². The zero-order valence-corrected chi connectivity index (χ0v) is 14.3. The molecule has 0 radical (unpaired) electrons. The number of carboxylic acids is 2. The number of carboxylic acid groups (broad SMARTS) is 2. The van der Waals surface area contributed by atoms with Crippen molar-refractivity contribution in [1.29, 1.82) is 0 Å². The van der Waals surface area contributed by atoms with E-state index in [2.05, 4.69) is 9.36 Å². The van der Waals surface area contributed by atoms with E-state index in [4.69, 9.17) is 5.73 Å². The van der Waals surface area contributed by atoms with Crippen LogP contribution in [0.25, 0.3) is 21.6 Å². The number of hydrogen-bond acceptors (Lipinski definition) is 6. The zero-order chi connectivity index (χ0) is 19.0. The summed E-state index contributed by atoms with van der Waals surface area (Å²) in [4.78, 5) is 38.4. The molecule has 0 spiro atoms. The quantitative estimate of drug-likeness (QED) is 0.551. The number of nitrogen functional groups attached to an aromatic ring is 1. The van der Waals surface area contributed by atoms with Crippen LogP contribution in [0.15, 0.2) is 35.1 Å². The molecule has 1 aromatic carbocycles. The fraction of sp³-hybridized carbons (Fsp3) is 0.0588. The molecule has 9 heteroatoms. The minimum Gasteiger partial charge on any atom is -0.478 e. The SMILES string of the molecule is Cc1cc(-c2ccccc2-c2c(C(=O)O)c(N)[nH]c(=O)c2C(=O)O)sn1. The van der Waals surface area contributed by atoms with Crippen molar-refractivity contribution in [2.45, 2.75) is 6.92 Å². The van der Waals surface area contributed by atoms with Crippen LogP contribution >= 0.6 is 11.5 Å². The van der Waals surface area contributed by atoms with E-state index in [0.717, 1.165) is 5.69 Å². The first-order chi connectivity index (χ1) is 12.3. The van der Waals surface area contributed by atoms with Gasteiger partial charge in [0.05, 0.1) is 10.6 Å². The minimum atomic E-state index is -1.54. The Morgan fingerprint density at radius 3 is 2.27 bits per heavy atom. The molecule has 5 N–H and O–H groups in total. The number of H-pyrrole nitrogens is 1. The van der Waals surface area contributed by atoms with Crippen molar-refractivity contribution in [3.8, 4) is 21.6 Å². The molecule has 0 amide bonds. The summed E-state index contributed by atoms with van der Waals surface area (Å²) in [5, 5.41) is 19.1. The Morgan fingerprint density at radius 2 is 1.73 bits per heavy atom. The summed E-state index contributed by atoms with van der Waals surface area (Å²) in [6.07, 6.45) is 0. The summed E-state index contributed by atoms with van der Waals surface area (Å²) in [7, 11) is 0. The van der Waals surface area contributed by atoms with Gasteiger partial charge >= 0.3 is 11.9 Å². The second kappa shape index (κ2) is 6.45. The van der Waals surface area contributed by atoms with Crippen LogP contribution in [0, 0.1) is 6.92 Å². The zero-order valence-electron chi connectivity index (χ0n) is 13.4. The second-order valence-corrected chi connectivity index (χ2v) is 6.29. The molecule has 0 fully saturated rings. The van der Waals surface area contributed by atoms with Crippen molar-refractivity contribution in [1.82, 2.24) is 9.36 Å². The van der Waals surface area contributed by atoms with Gasteiger partial charge in [-0.05, 0) is 30.1 Å². The number of nitrogens with zero attached hydrogens (tertiary/aromatic N) is 1. The molecule has 0 bridgehead atoms. The molecule has 3 rings (SSSR count). The molecule has 132 valence electrons. The molecule has 8 nitrogen and oxygen atoms in total. The third kappa shape index (κ3) is 2.84. The molecule has 3 aromatic rings. The first-order valence-corrected chi connectivity index (χ1v) is 8.14. The summed E-state index contributed by atoms with van der Waals surface area (Å²) in [5.74, 6) is -3.39. The van der Waals surface area contributed by atoms with Crippen molar-refractivity contribution >= 4 is 29.3 Å². The number of aromatic carboxylic acids is 2. The number of carbonyl (C=O) groups is 2. The van der Waals surface area contributed by atoms with E-state index in [0.29, 0.717) is 10.4 Å².